The van der Waals surface area contributed by atoms with Crippen LogP contribution in [0.3, 0.4) is 0 Å². The summed E-state index contributed by atoms with van der Waals surface area (Å²) in [7, 11) is 2.39. The summed E-state index contributed by atoms with van der Waals surface area (Å²) in [4.78, 5) is 31.6. The van der Waals surface area contributed by atoms with E-state index in [1.165, 1.54) is 50.6 Å². The minimum absolute atomic E-state index is 0.184. The Morgan fingerprint density at radius 2 is 1.45 bits per heavy atom. The van der Waals surface area contributed by atoms with Gasteiger partial charge in [0.2, 0.25) is 0 Å². The fourth-order valence-electron chi connectivity index (χ4n) is 4.01. The fraction of sp³-hybridized carbons (Fsp3) is 0.269. The highest BCUT2D eigenvalue weighted by Gasteiger charge is 2.73. The summed E-state index contributed by atoms with van der Waals surface area (Å²) in [6, 6.07) is 7.08. The highest BCUT2D eigenvalue weighted by atomic mass is 79.9. The lowest BCUT2D eigenvalue weighted by Crippen LogP contribution is -2.50. The lowest BCUT2D eigenvalue weighted by molar-refractivity contribution is -0.348. The molecule has 1 aromatic heterocycles. The minimum atomic E-state index is -6.33. The van der Waals surface area contributed by atoms with Gasteiger partial charge in [-0.25, -0.2) is 8.78 Å². The second-order valence-corrected chi connectivity index (χ2v) is 9.43. The zero-order valence-corrected chi connectivity index (χ0v) is 22.5. The molecule has 3 rings (SSSR count). The summed E-state index contributed by atoms with van der Waals surface area (Å²) >= 11 is 2.86. The van der Waals surface area contributed by atoms with E-state index in [4.69, 9.17) is 0 Å². The lowest BCUT2D eigenvalue weighted by atomic mass is 9.91. The van der Waals surface area contributed by atoms with Crippen LogP contribution in [-0.4, -0.2) is 43.2 Å². The molecule has 2 aromatic carbocycles. The SMILES string of the molecule is CCc1cc(C(F)(C(F)(F)F)C(F)(F)F)cc(Br)c1N(C)C(=O)c1cccc(N(C)C(=O)c2ccncc2)c1F. The topological polar surface area (TPSA) is 53.5 Å². The van der Waals surface area contributed by atoms with E-state index >= 15 is 4.39 Å². The van der Waals surface area contributed by atoms with Crippen molar-refractivity contribution in [2.24, 2.45) is 0 Å². The number of hydrogen-bond donors (Lipinski definition) is 0. The van der Waals surface area contributed by atoms with E-state index in [0.717, 1.165) is 22.9 Å². The van der Waals surface area contributed by atoms with E-state index in [-0.39, 0.29) is 35.0 Å². The molecule has 0 aliphatic rings. The maximum absolute atomic E-state index is 15.5. The second kappa shape index (κ2) is 11.1. The Kier molecular flexibility index (Phi) is 8.63. The van der Waals surface area contributed by atoms with Gasteiger partial charge in [-0.05, 0) is 64.3 Å². The number of aromatic nitrogens is 1. The van der Waals surface area contributed by atoms with Gasteiger partial charge in [0, 0.05) is 42.1 Å². The number of amides is 2. The van der Waals surface area contributed by atoms with Crippen LogP contribution >= 0.6 is 15.9 Å². The normalized spacial score (nSPS) is 12.3. The van der Waals surface area contributed by atoms with Gasteiger partial charge in [0.1, 0.15) is 0 Å². The van der Waals surface area contributed by atoms with E-state index in [0.29, 0.717) is 6.07 Å². The first-order chi connectivity index (χ1) is 18.5. The van der Waals surface area contributed by atoms with Crippen LogP contribution in [0.4, 0.5) is 46.5 Å². The molecule has 214 valence electrons. The molecule has 0 N–H and O–H groups in total. The molecule has 5 nitrogen and oxygen atoms in total. The molecule has 1 heterocycles. The van der Waals surface area contributed by atoms with Gasteiger partial charge in [-0.1, -0.05) is 13.0 Å². The first-order valence-electron chi connectivity index (χ1n) is 11.4. The number of alkyl halides is 7. The Morgan fingerprint density at radius 3 is 1.98 bits per heavy atom. The maximum Gasteiger partial charge on any atom is 0.435 e. The molecular formula is C26H20BrF8N3O2. The zero-order valence-electron chi connectivity index (χ0n) is 21.0. The highest BCUT2D eigenvalue weighted by molar-refractivity contribution is 9.10. The fourth-order valence-corrected chi connectivity index (χ4v) is 4.78. The van der Waals surface area contributed by atoms with Gasteiger partial charge in [-0.2, -0.15) is 26.3 Å². The number of halogens is 9. The van der Waals surface area contributed by atoms with Gasteiger partial charge in [0.25, 0.3) is 11.8 Å². The third-order valence-corrected chi connectivity index (χ3v) is 6.75. The molecule has 3 aromatic rings. The number of rotatable bonds is 6. The molecule has 0 aliphatic carbocycles. The summed E-state index contributed by atoms with van der Waals surface area (Å²) in [6.45, 7) is 1.37. The van der Waals surface area contributed by atoms with Gasteiger partial charge in [0.15, 0.2) is 5.82 Å². The first-order valence-corrected chi connectivity index (χ1v) is 12.2. The van der Waals surface area contributed by atoms with Crippen LogP contribution in [0, 0.1) is 5.82 Å². The Bertz CT molecular complexity index is 1410. The van der Waals surface area contributed by atoms with E-state index in [1.807, 2.05) is 0 Å². The number of aryl methyl sites for hydroxylation is 1. The number of anilines is 2. The van der Waals surface area contributed by atoms with Gasteiger partial charge >= 0.3 is 18.0 Å². The van der Waals surface area contributed by atoms with Crippen LogP contribution < -0.4 is 9.80 Å². The van der Waals surface area contributed by atoms with E-state index < -0.39 is 51.3 Å². The van der Waals surface area contributed by atoms with Crippen molar-refractivity contribution >= 4 is 39.1 Å². The zero-order chi connectivity index (χ0) is 30.2. The monoisotopic (exact) mass is 637 g/mol. The van der Waals surface area contributed by atoms with Crippen LogP contribution in [-0.2, 0) is 12.1 Å². The molecule has 0 unspecified atom stereocenters. The molecule has 0 saturated heterocycles. The Labute approximate surface area is 231 Å². The van der Waals surface area contributed by atoms with E-state index in [9.17, 15) is 40.3 Å². The average Bonchev–Trinajstić information content (AvgIpc) is 2.89. The standard InChI is InChI=1S/C26H20BrF8N3O2/c1-4-14-12-16(24(29,25(30,31)32)26(33,34)35)13-18(27)21(14)38(3)23(40)17-6-5-7-19(20(17)28)37(2)22(39)15-8-10-36-11-9-15/h5-13H,4H2,1-3H3. The number of carbonyl (C=O) groups is 2. The van der Waals surface area contributed by atoms with E-state index in [2.05, 4.69) is 20.9 Å². The summed E-state index contributed by atoms with van der Waals surface area (Å²) in [6.07, 6.45) is -10.2. The molecule has 0 atom stereocenters. The van der Waals surface area contributed by atoms with Crippen molar-refractivity contribution < 1.29 is 44.7 Å². The molecule has 0 aliphatic heterocycles. The maximum atomic E-state index is 15.5. The van der Waals surface area contributed by atoms with Crippen LogP contribution in [0.15, 0.2) is 59.3 Å². The highest BCUT2D eigenvalue weighted by Crippen LogP contribution is 2.54. The Morgan fingerprint density at radius 1 is 0.875 bits per heavy atom. The minimum Gasteiger partial charge on any atom is -0.310 e. The molecular weight excluding hydrogens is 618 g/mol. The van der Waals surface area contributed by atoms with Gasteiger partial charge < -0.3 is 9.80 Å². The summed E-state index contributed by atoms with van der Waals surface area (Å²) < 4.78 is 110. The second-order valence-electron chi connectivity index (χ2n) is 8.58. The summed E-state index contributed by atoms with van der Waals surface area (Å²) in [5.74, 6) is -2.76. The van der Waals surface area contributed by atoms with Crippen molar-refractivity contribution in [3.8, 4) is 0 Å². The third kappa shape index (κ3) is 5.40. The van der Waals surface area contributed by atoms with Crippen LogP contribution in [0.2, 0.25) is 0 Å². The van der Waals surface area contributed by atoms with Crippen molar-refractivity contribution in [3.05, 3.63) is 87.4 Å². The first kappa shape index (κ1) is 31.0. The molecule has 0 bridgehead atoms. The molecule has 40 heavy (non-hydrogen) atoms. The van der Waals surface area contributed by atoms with Crippen LogP contribution in [0.1, 0.15) is 38.8 Å². The van der Waals surface area contributed by atoms with E-state index in [1.54, 1.807) is 0 Å². The van der Waals surface area contributed by atoms with Crippen molar-refractivity contribution in [2.75, 3.05) is 23.9 Å². The van der Waals surface area contributed by atoms with Crippen molar-refractivity contribution in [1.29, 1.82) is 0 Å². The lowest BCUT2D eigenvalue weighted by Gasteiger charge is -2.32. The molecule has 0 fully saturated rings. The number of carbonyl (C=O) groups excluding carboxylic acids is 2. The van der Waals surface area contributed by atoms with Gasteiger partial charge in [-0.15, -0.1) is 0 Å². The predicted octanol–water partition coefficient (Wildman–Crippen LogP) is 7.39. The molecule has 0 radical (unpaired) electrons. The third-order valence-electron chi connectivity index (χ3n) is 6.14. The van der Waals surface area contributed by atoms with Gasteiger partial charge in [-0.3, -0.25) is 14.6 Å². The molecule has 0 spiro atoms. The Balaban J connectivity index is 2.06. The quantitative estimate of drug-likeness (QED) is 0.265. The van der Waals surface area contributed by atoms with Crippen LogP contribution in [0.25, 0.3) is 0 Å². The number of benzene rings is 2. The van der Waals surface area contributed by atoms with Crippen LogP contribution in [0.5, 0.6) is 0 Å². The van der Waals surface area contributed by atoms with Crippen molar-refractivity contribution in [1.82, 2.24) is 4.98 Å². The molecule has 14 heteroatoms. The molecule has 2 amide bonds. The van der Waals surface area contributed by atoms with Crippen molar-refractivity contribution in [3.63, 3.8) is 0 Å². The number of hydrogen-bond acceptors (Lipinski definition) is 3. The number of pyridine rings is 1. The Hall–Kier alpha value is -3.55. The predicted molar refractivity (Wildman–Crippen MR) is 135 cm³/mol. The summed E-state index contributed by atoms with van der Waals surface area (Å²) in [5, 5.41) is 0. The van der Waals surface area contributed by atoms with Gasteiger partial charge in [0.05, 0.1) is 16.9 Å². The number of nitrogens with zero attached hydrogens (tertiary/aromatic N) is 3. The largest absolute Gasteiger partial charge is 0.435 e. The average molecular weight is 638 g/mol. The smallest absolute Gasteiger partial charge is 0.310 e. The summed E-state index contributed by atoms with van der Waals surface area (Å²) in [5.41, 5.74) is -8.50. The van der Waals surface area contributed by atoms with Crippen molar-refractivity contribution in [2.45, 2.75) is 31.4 Å². The molecule has 0 saturated carbocycles.